The van der Waals surface area contributed by atoms with E-state index in [1.54, 1.807) is 43.3 Å². The predicted octanol–water partition coefficient (Wildman–Crippen LogP) is 5.15. The van der Waals surface area contributed by atoms with Crippen LogP contribution in [0.5, 0.6) is 0 Å². The van der Waals surface area contributed by atoms with Crippen LogP contribution < -0.4 is 5.32 Å². The van der Waals surface area contributed by atoms with Gasteiger partial charge in [-0.25, -0.2) is 4.98 Å². The second-order valence-corrected chi connectivity index (χ2v) is 5.60. The second-order valence-electron chi connectivity index (χ2n) is 5.60. The minimum atomic E-state index is -2.75. The Balaban J connectivity index is 1.79. The molecule has 0 atom stereocenters. The number of anilines is 1. The van der Waals surface area contributed by atoms with Crippen LogP contribution in [0.25, 0.3) is 11.3 Å². The fourth-order valence-corrected chi connectivity index (χ4v) is 2.52. The molecule has 3 rings (SSSR count). The van der Waals surface area contributed by atoms with Crippen LogP contribution in [0.2, 0.25) is 0 Å². The van der Waals surface area contributed by atoms with E-state index in [0.717, 1.165) is 5.56 Å². The normalized spacial score (nSPS) is 10.9. The molecule has 0 unspecified atom stereocenters. The summed E-state index contributed by atoms with van der Waals surface area (Å²) in [5, 5.41) is 2.81. The lowest BCUT2D eigenvalue weighted by Crippen LogP contribution is -2.13. The summed E-state index contributed by atoms with van der Waals surface area (Å²) in [7, 11) is 0. The largest absolute Gasteiger partial charge is 0.440 e. The molecule has 0 bridgehead atoms. The van der Waals surface area contributed by atoms with Gasteiger partial charge in [-0.05, 0) is 37.6 Å². The van der Waals surface area contributed by atoms with Crippen LogP contribution in [0.4, 0.5) is 14.5 Å². The fraction of sp³-hybridized carbons (Fsp3) is 0.158. The number of rotatable bonds is 4. The summed E-state index contributed by atoms with van der Waals surface area (Å²) in [6.07, 6.45) is -2.75. The maximum absolute atomic E-state index is 12.7. The molecule has 1 amide bonds. The van der Waals surface area contributed by atoms with Crippen LogP contribution in [0, 0.1) is 13.8 Å². The number of hydrogen-bond donors (Lipinski definition) is 1. The van der Waals surface area contributed by atoms with Crippen LogP contribution >= 0.6 is 0 Å². The zero-order valence-electron chi connectivity index (χ0n) is 13.7. The fourth-order valence-electron chi connectivity index (χ4n) is 2.52. The molecular weight excluding hydrogens is 326 g/mol. The molecule has 0 radical (unpaired) electrons. The van der Waals surface area contributed by atoms with E-state index in [0.29, 0.717) is 28.3 Å². The number of benzene rings is 2. The number of hydrogen-bond acceptors (Lipinski definition) is 3. The Kier molecular flexibility index (Phi) is 4.61. The molecule has 0 aliphatic carbocycles. The van der Waals surface area contributed by atoms with Crippen molar-refractivity contribution in [3.05, 3.63) is 71.3 Å². The predicted molar refractivity (Wildman–Crippen MR) is 90.8 cm³/mol. The SMILES string of the molecule is Cc1ccccc1C(=O)Nc1ccc(-c2nc(C(F)F)oc2C)cc1. The summed E-state index contributed by atoms with van der Waals surface area (Å²) in [5.74, 6) is -0.472. The number of carbonyl (C=O) groups is 1. The van der Waals surface area contributed by atoms with E-state index in [1.807, 2.05) is 19.1 Å². The average Bonchev–Trinajstić information content (AvgIpc) is 2.98. The van der Waals surface area contributed by atoms with Gasteiger partial charge in [-0.1, -0.05) is 30.3 Å². The molecule has 0 aliphatic heterocycles. The summed E-state index contributed by atoms with van der Waals surface area (Å²) >= 11 is 0. The van der Waals surface area contributed by atoms with E-state index in [9.17, 15) is 13.6 Å². The highest BCUT2D eigenvalue weighted by Gasteiger charge is 2.18. The number of oxazole rings is 1. The van der Waals surface area contributed by atoms with Gasteiger partial charge >= 0.3 is 6.43 Å². The molecule has 0 aliphatic rings. The summed E-state index contributed by atoms with van der Waals surface area (Å²) in [5.41, 5.74) is 3.09. The molecule has 25 heavy (non-hydrogen) atoms. The molecule has 0 saturated carbocycles. The first-order chi connectivity index (χ1) is 12.0. The third-order valence-corrected chi connectivity index (χ3v) is 3.81. The van der Waals surface area contributed by atoms with Gasteiger partial charge in [0.25, 0.3) is 11.8 Å². The Morgan fingerprint density at radius 1 is 1.08 bits per heavy atom. The summed E-state index contributed by atoms with van der Waals surface area (Å²) in [6, 6.07) is 14.1. The maximum atomic E-state index is 12.7. The third-order valence-electron chi connectivity index (χ3n) is 3.81. The van der Waals surface area contributed by atoms with Gasteiger partial charge < -0.3 is 9.73 Å². The Labute approximate surface area is 143 Å². The number of aryl methyl sites for hydroxylation is 2. The number of amides is 1. The van der Waals surface area contributed by atoms with Gasteiger partial charge in [-0.15, -0.1) is 0 Å². The van der Waals surface area contributed by atoms with Crippen molar-refractivity contribution in [2.24, 2.45) is 0 Å². The number of nitrogens with one attached hydrogen (secondary N) is 1. The lowest BCUT2D eigenvalue weighted by Gasteiger charge is -2.08. The average molecular weight is 342 g/mol. The Bertz CT molecular complexity index is 902. The monoisotopic (exact) mass is 342 g/mol. The molecular formula is C19H16F2N2O2. The molecule has 0 spiro atoms. The highest BCUT2D eigenvalue weighted by molar-refractivity contribution is 6.05. The summed E-state index contributed by atoms with van der Waals surface area (Å²) in [6.45, 7) is 3.45. The molecule has 2 aromatic carbocycles. The number of carbonyl (C=O) groups excluding carboxylic acids is 1. The van der Waals surface area contributed by atoms with Crippen molar-refractivity contribution in [2.75, 3.05) is 5.32 Å². The zero-order chi connectivity index (χ0) is 18.0. The molecule has 3 aromatic rings. The second kappa shape index (κ2) is 6.84. The van der Waals surface area contributed by atoms with Crippen molar-refractivity contribution in [2.45, 2.75) is 20.3 Å². The molecule has 4 nitrogen and oxygen atoms in total. The van der Waals surface area contributed by atoms with Crippen molar-refractivity contribution in [1.29, 1.82) is 0 Å². The summed E-state index contributed by atoms with van der Waals surface area (Å²) in [4.78, 5) is 16.1. The van der Waals surface area contributed by atoms with Crippen LogP contribution in [-0.2, 0) is 0 Å². The molecule has 6 heteroatoms. The highest BCUT2D eigenvalue weighted by atomic mass is 19.3. The van der Waals surface area contributed by atoms with E-state index < -0.39 is 12.3 Å². The van der Waals surface area contributed by atoms with E-state index >= 15 is 0 Å². The quantitative estimate of drug-likeness (QED) is 0.713. The molecule has 1 N–H and O–H groups in total. The van der Waals surface area contributed by atoms with E-state index in [4.69, 9.17) is 4.42 Å². The van der Waals surface area contributed by atoms with Crippen LogP contribution in [0.3, 0.4) is 0 Å². The topological polar surface area (TPSA) is 55.1 Å². The van der Waals surface area contributed by atoms with Gasteiger partial charge in [0.2, 0.25) is 0 Å². The molecule has 1 aromatic heterocycles. The van der Waals surface area contributed by atoms with Gasteiger partial charge in [-0.3, -0.25) is 4.79 Å². The molecule has 0 saturated heterocycles. The first-order valence-corrected chi connectivity index (χ1v) is 7.68. The van der Waals surface area contributed by atoms with Crippen molar-refractivity contribution >= 4 is 11.6 Å². The zero-order valence-corrected chi connectivity index (χ0v) is 13.7. The van der Waals surface area contributed by atoms with Gasteiger partial charge in [0, 0.05) is 16.8 Å². The lowest BCUT2D eigenvalue weighted by molar-refractivity contribution is 0.102. The third kappa shape index (κ3) is 3.57. The van der Waals surface area contributed by atoms with Crippen molar-refractivity contribution in [3.8, 4) is 11.3 Å². The minimum absolute atomic E-state index is 0.205. The standard InChI is InChI=1S/C19H16F2N2O2/c1-11-5-3-4-6-15(11)18(24)22-14-9-7-13(8-10-14)16-12(2)25-19(23-16)17(20)21/h3-10,17H,1-2H3,(H,22,24). The van der Waals surface area contributed by atoms with Gasteiger partial charge in [0.1, 0.15) is 11.5 Å². The summed E-state index contributed by atoms with van der Waals surface area (Å²) < 4.78 is 30.3. The highest BCUT2D eigenvalue weighted by Crippen LogP contribution is 2.28. The number of nitrogens with zero attached hydrogens (tertiary/aromatic N) is 1. The Hall–Kier alpha value is -3.02. The van der Waals surface area contributed by atoms with Crippen molar-refractivity contribution in [3.63, 3.8) is 0 Å². The van der Waals surface area contributed by atoms with E-state index in [1.165, 1.54) is 0 Å². The van der Waals surface area contributed by atoms with Gasteiger partial charge in [0.15, 0.2) is 0 Å². The van der Waals surface area contributed by atoms with Crippen molar-refractivity contribution < 1.29 is 18.0 Å². The van der Waals surface area contributed by atoms with E-state index in [-0.39, 0.29) is 5.91 Å². The molecule has 0 fully saturated rings. The molecule has 128 valence electrons. The Morgan fingerprint density at radius 2 is 1.76 bits per heavy atom. The van der Waals surface area contributed by atoms with Crippen LogP contribution in [0.15, 0.2) is 52.9 Å². The first kappa shape index (κ1) is 16.8. The van der Waals surface area contributed by atoms with Gasteiger partial charge in [-0.2, -0.15) is 8.78 Å². The van der Waals surface area contributed by atoms with Crippen LogP contribution in [0.1, 0.15) is 34.0 Å². The lowest BCUT2D eigenvalue weighted by atomic mass is 10.1. The number of alkyl halides is 2. The number of aromatic nitrogens is 1. The van der Waals surface area contributed by atoms with E-state index in [2.05, 4.69) is 10.3 Å². The smallest absolute Gasteiger partial charge is 0.313 e. The van der Waals surface area contributed by atoms with Crippen molar-refractivity contribution in [1.82, 2.24) is 4.98 Å². The van der Waals surface area contributed by atoms with Gasteiger partial charge in [0.05, 0.1) is 0 Å². The van der Waals surface area contributed by atoms with Crippen LogP contribution in [-0.4, -0.2) is 10.9 Å². The Morgan fingerprint density at radius 3 is 2.36 bits per heavy atom. The number of halogens is 2. The molecule has 1 heterocycles. The first-order valence-electron chi connectivity index (χ1n) is 7.68. The minimum Gasteiger partial charge on any atom is -0.440 e. The maximum Gasteiger partial charge on any atom is 0.313 e.